The van der Waals surface area contributed by atoms with Crippen LogP contribution in [0.4, 0.5) is 16.2 Å². The second-order valence-electron chi connectivity index (χ2n) is 8.94. The van der Waals surface area contributed by atoms with E-state index in [2.05, 4.69) is 27.0 Å². The molecule has 10 heteroatoms. The minimum Gasteiger partial charge on any atom is -0.497 e. The summed E-state index contributed by atoms with van der Waals surface area (Å²) < 4.78 is 20.7. The van der Waals surface area contributed by atoms with Gasteiger partial charge in [-0.2, -0.15) is 4.98 Å². The number of rotatable bonds is 6. The number of nitrogen functional groups attached to an aromatic ring is 1. The van der Waals surface area contributed by atoms with Gasteiger partial charge in [0.05, 0.1) is 28.8 Å². The number of hydrogen-bond donors (Lipinski definition) is 1. The molecule has 1 fully saturated rings. The first-order valence-corrected chi connectivity index (χ1v) is 12.9. The van der Waals surface area contributed by atoms with Crippen molar-refractivity contribution >= 4 is 34.1 Å². The molecular weight excluding hydrogens is 489 g/mol. The molecule has 1 saturated heterocycles. The molecule has 0 unspecified atom stereocenters. The molecule has 0 aliphatic carbocycles. The maximum absolute atomic E-state index is 13.9. The summed E-state index contributed by atoms with van der Waals surface area (Å²) in [5.41, 5.74) is 9.58. The van der Waals surface area contributed by atoms with E-state index >= 15 is 0 Å². The number of benzene rings is 2. The van der Waals surface area contributed by atoms with Crippen molar-refractivity contribution < 1.29 is 9.13 Å². The Morgan fingerprint density at radius 2 is 1.81 bits per heavy atom. The van der Waals surface area contributed by atoms with Crippen molar-refractivity contribution in [2.24, 2.45) is 0 Å². The van der Waals surface area contributed by atoms with E-state index in [0.717, 1.165) is 49.0 Å². The molecule has 2 N–H and O–H groups in total. The highest BCUT2D eigenvalue weighted by molar-refractivity contribution is 7.13. The van der Waals surface area contributed by atoms with Crippen LogP contribution in [0, 0.1) is 5.82 Å². The van der Waals surface area contributed by atoms with Gasteiger partial charge in [-0.15, -0.1) is 16.4 Å². The first kappa shape index (κ1) is 23.4. The summed E-state index contributed by atoms with van der Waals surface area (Å²) in [6, 6.07) is 18.4. The van der Waals surface area contributed by atoms with Crippen molar-refractivity contribution in [1.82, 2.24) is 24.6 Å². The molecule has 1 aliphatic rings. The third-order valence-electron chi connectivity index (χ3n) is 6.58. The van der Waals surface area contributed by atoms with Crippen LogP contribution in [0.1, 0.15) is 5.56 Å². The van der Waals surface area contributed by atoms with Crippen LogP contribution in [-0.4, -0.2) is 57.9 Å². The Hall–Kier alpha value is -4.02. The fraction of sp³-hybridized carbons (Fsp3) is 0.222. The van der Waals surface area contributed by atoms with Gasteiger partial charge < -0.3 is 15.4 Å². The van der Waals surface area contributed by atoms with Crippen LogP contribution in [0.2, 0.25) is 0 Å². The van der Waals surface area contributed by atoms with Crippen molar-refractivity contribution in [3.63, 3.8) is 0 Å². The molecule has 4 heterocycles. The molecule has 188 valence electrons. The Labute approximate surface area is 217 Å². The number of anilines is 2. The number of nitrogens with zero attached hydrogens (tertiary/aromatic N) is 6. The average molecular weight is 516 g/mol. The predicted octanol–water partition coefficient (Wildman–Crippen LogP) is 4.60. The smallest absolute Gasteiger partial charge is 0.228 e. The topological polar surface area (TPSA) is 85.3 Å². The molecule has 0 saturated carbocycles. The van der Waals surface area contributed by atoms with E-state index in [0.29, 0.717) is 28.5 Å². The van der Waals surface area contributed by atoms with Crippen molar-refractivity contribution in [2.75, 3.05) is 43.9 Å². The van der Waals surface area contributed by atoms with Crippen molar-refractivity contribution in [3.8, 4) is 22.0 Å². The van der Waals surface area contributed by atoms with Crippen LogP contribution in [0.25, 0.3) is 27.3 Å². The zero-order valence-electron chi connectivity index (χ0n) is 20.3. The quantitative estimate of drug-likeness (QED) is 0.354. The van der Waals surface area contributed by atoms with Gasteiger partial charge in [-0.05, 0) is 47.3 Å². The van der Waals surface area contributed by atoms with Crippen molar-refractivity contribution in [3.05, 3.63) is 77.4 Å². The summed E-state index contributed by atoms with van der Waals surface area (Å²) >= 11 is 1.59. The summed E-state index contributed by atoms with van der Waals surface area (Å²) in [7, 11) is 1.68. The molecule has 0 bridgehead atoms. The molecule has 6 rings (SSSR count). The number of halogens is 1. The molecule has 37 heavy (non-hydrogen) atoms. The average Bonchev–Trinajstić information content (AvgIpc) is 3.58. The fourth-order valence-electron chi connectivity index (χ4n) is 4.63. The largest absolute Gasteiger partial charge is 0.497 e. The van der Waals surface area contributed by atoms with Crippen LogP contribution in [-0.2, 0) is 6.54 Å². The van der Waals surface area contributed by atoms with Gasteiger partial charge >= 0.3 is 0 Å². The van der Waals surface area contributed by atoms with Crippen LogP contribution in [0.3, 0.4) is 0 Å². The van der Waals surface area contributed by atoms with Crippen LogP contribution in [0.15, 0.2) is 66.0 Å². The molecule has 0 amide bonds. The number of nitrogens with two attached hydrogens (primary N) is 1. The number of ether oxygens (including phenoxy) is 1. The van der Waals surface area contributed by atoms with E-state index in [4.69, 9.17) is 20.4 Å². The van der Waals surface area contributed by atoms with E-state index in [-0.39, 0.29) is 5.82 Å². The molecule has 8 nitrogen and oxygen atoms in total. The van der Waals surface area contributed by atoms with Gasteiger partial charge in [-0.3, -0.25) is 4.90 Å². The second-order valence-corrected chi connectivity index (χ2v) is 9.88. The third-order valence-corrected chi connectivity index (χ3v) is 7.46. The first-order chi connectivity index (χ1) is 18.1. The Morgan fingerprint density at radius 1 is 1.00 bits per heavy atom. The Bertz CT molecular complexity index is 1530. The Kier molecular flexibility index (Phi) is 6.19. The SMILES string of the molecule is COc1ccc(CN2CCN(c3nc(-c4cccs4)c4c(N)n(-c5cccc(F)c5)nc4n3)CC2)cc1. The maximum Gasteiger partial charge on any atom is 0.228 e. The standard InChI is InChI=1S/C27H26FN7OS/c1-36-21-9-7-18(8-10-21)17-33-11-13-34(14-12-33)27-30-24(22-6-3-15-37-22)23-25(29)35(32-26(23)31-27)20-5-2-4-19(28)16-20/h2-10,15-16H,11-14,17,29H2,1H3. The number of thiophene rings is 1. The van der Waals surface area contributed by atoms with Gasteiger partial charge in [-0.1, -0.05) is 24.3 Å². The zero-order valence-corrected chi connectivity index (χ0v) is 21.2. The van der Waals surface area contributed by atoms with Gasteiger partial charge in [0.25, 0.3) is 0 Å². The fourth-order valence-corrected chi connectivity index (χ4v) is 5.35. The lowest BCUT2D eigenvalue weighted by Crippen LogP contribution is -2.46. The normalized spacial score (nSPS) is 14.4. The number of aromatic nitrogens is 4. The van der Waals surface area contributed by atoms with Gasteiger partial charge in [0.2, 0.25) is 5.95 Å². The van der Waals surface area contributed by atoms with E-state index in [9.17, 15) is 4.39 Å². The summed E-state index contributed by atoms with van der Waals surface area (Å²) in [4.78, 5) is 15.4. The zero-order chi connectivity index (χ0) is 25.4. The van der Waals surface area contributed by atoms with Gasteiger partial charge in [-0.25, -0.2) is 14.1 Å². The lowest BCUT2D eigenvalue weighted by molar-refractivity contribution is 0.248. The van der Waals surface area contributed by atoms with Crippen molar-refractivity contribution in [2.45, 2.75) is 6.54 Å². The van der Waals surface area contributed by atoms with E-state index in [1.165, 1.54) is 22.4 Å². The number of fused-ring (bicyclic) bond motifs is 1. The summed E-state index contributed by atoms with van der Waals surface area (Å²) in [5, 5.41) is 7.35. The third kappa shape index (κ3) is 4.61. The van der Waals surface area contributed by atoms with E-state index < -0.39 is 0 Å². The highest BCUT2D eigenvalue weighted by atomic mass is 32.1. The van der Waals surface area contributed by atoms with Crippen LogP contribution < -0.4 is 15.4 Å². The van der Waals surface area contributed by atoms with E-state index in [1.54, 1.807) is 30.6 Å². The summed E-state index contributed by atoms with van der Waals surface area (Å²) in [5.74, 6) is 1.53. The molecule has 0 radical (unpaired) electrons. The predicted molar refractivity (Wildman–Crippen MR) is 145 cm³/mol. The molecule has 0 spiro atoms. The van der Waals surface area contributed by atoms with Gasteiger partial charge in [0.15, 0.2) is 5.65 Å². The lowest BCUT2D eigenvalue weighted by atomic mass is 10.2. The van der Waals surface area contributed by atoms with Crippen molar-refractivity contribution in [1.29, 1.82) is 0 Å². The van der Waals surface area contributed by atoms with E-state index in [1.807, 2.05) is 29.6 Å². The van der Waals surface area contributed by atoms with Crippen LogP contribution in [0.5, 0.6) is 5.75 Å². The Morgan fingerprint density at radius 3 is 2.51 bits per heavy atom. The molecule has 1 aliphatic heterocycles. The molecule has 5 aromatic rings. The van der Waals surface area contributed by atoms with Gasteiger partial charge in [0, 0.05) is 32.7 Å². The summed E-state index contributed by atoms with van der Waals surface area (Å²) in [6.45, 7) is 4.26. The number of hydrogen-bond acceptors (Lipinski definition) is 8. The lowest BCUT2D eigenvalue weighted by Gasteiger charge is -2.34. The number of piperazine rings is 1. The highest BCUT2D eigenvalue weighted by Gasteiger charge is 2.24. The minimum atomic E-state index is -0.353. The minimum absolute atomic E-state index is 0.353. The number of methoxy groups -OCH3 is 1. The molecule has 2 aromatic carbocycles. The van der Waals surface area contributed by atoms with Gasteiger partial charge in [0.1, 0.15) is 17.4 Å². The molecule has 0 atom stereocenters. The maximum atomic E-state index is 13.9. The first-order valence-electron chi connectivity index (χ1n) is 12.1. The highest BCUT2D eigenvalue weighted by Crippen LogP contribution is 2.35. The molecular formula is C27H26FN7OS. The van der Waals surface area contributed by atoms with Crippen LogP contribution >= 0.6 is 11.3 Å². The second kappa shape index (κ2) is 9.79. The summed E-state index contributed by atoms with van der Waals surface area (Å²) in [6.07, 6.45) is 0. The Balaban J connectivity index is 1.29. The monoisotopic (exact) mass is 515 g/mol. The molecule has 3 aromatic heterocycles.